The largest absolute Gasteiger partial charge is 0.336 e. The molecule has 0 spiro atoms. The van der Waals surface area contributed by atoms with Gasteiger partial charge in [-0.3, -0.25) is 9.89 Å². The maximum atomic E-state index is 12.2. The number of nitrogens with one attached hydrogen (secondary N) is 1. The van der Waals surface area contributed by atoms with E-state index in [2.05, 4.69) is 29.0 Å². The molecule has 5 heteroatoms. The molecule has 1 aliphatic rings. The maximum absolute atomic E-state index is 12.2. The number of nitrogens with zero attached hydrogens (tertiary/aromatic N) is 3. The van der Waals surface area contributed by atoms with E-state index in [1.165, 1.54) is 0 Å². The van der Waals surface area contributed by atoms with Crippen molar-refractivity contribution in [1.82, 2.24) is 20.1 Å². The fourth-order valence-electron chi connectivity index (χ4n) is 2.46. The lowest BCUT2D eigenvalue weighted by molar-refractivity contribution is 0.0656. The molecule has 0 unspecified atom stereocenters. The van der Waals surface area contributed by atoms with Crippen molar-refractivity contribution in [3.63, 3.8) is 0 Å². The lowest BCUT2D eigenvalue weighted by Crippen LogP contribution is -2.40. The molecule has 0 saturated carbocycles. The zero-order chi connectivity index (χ0) is 13.1. The van der Waals surface area contributed by atoms with Crippen LogP contribution in [0.3, 0.4) is 0 Å². The Morgan fingerprint density at radius 2 is 2.11 bits per heavy atom. The van der Waals surface area contributed by atoms with Crippen LogP contribution in [0.1, 0.15) is 50.1 Å². The Bertz CT molecular complexity index is 405. The van der Waals surface area contributed by atoms with Gasteiger partial charge in [-0.1, -0.05) is 20.8 Å². The molecule has 0 aliphatic carbocycles. The smallest absolute Gasteiger partial charge is 0.293 e. The molecule has 1 saturated heterocycles. The Balaban J connectivity index is 1.95. The predicted molar refractivity (Wildman–Crippen MR) is 69.2 cm³/mol. The summed E-state index contributed by atoms with van der Waals surface area (Å²) in [6.07, 6.45) is 2.96. The molecule has 0 atom stereocenters. The molecular weight excluding hydrogens is 228 g/mol. The number of carbonyl (C=O) groups excluding carboxylic acids is 1. The van der Waals surface area contributed by atoms with Gasteiger partial charge in [-0.05, 0) is 24.7 Å². The van der Waals surface area contributed by atoms with Crippen molar-refractivity contribution in [3.8, 4) is 0 Å². The highest BCUT2D eigenvalue weighted by molar-refractivity contribution is 5.90. The molecule has 1 N–H and O–H groups in total. The van der Waals surface area contributed by atoms with Crippen molar-refractivity contribution in [2.75, 3.05) is 13.1 Å². The summed E-state index contributed by atoms with van der Waals surface area (Å²) in [6.45, 7) is 8.16. The Labute approximate surface area is 108 Å². The number of hydrogen-bond acceptors (Lipinski definition) is 3. The van der Waals surface area contributed by atoms with E-state index in [0.29, 0.717) is 11.7 Å². The Morgan fingerprint density at radius 3 is 2.61 bits per heavy atom. The summed E-state index contributed by atoms with van der Waals surface area (Å²) in [5, 5.41) is 6.78. The maximum Gasteiger partial charge on any atom is 0.293 e. The fourth-order valence-corrected chi connectivity index (χ4v) is 2.46. The summed E-state index contributed by atoms with van der Waals surface area (Å²) in [6, 6.07) is 0. The van der Waals surface area contributed by atoms with Gasteiger partial charge in [0.25, 0.3) is 5.91 Å². The van der Waals surface area contributed by atoms with Crippen molar-refractivity contribution in [1.29, 1.82) is 0 Å². The second kappa shape index (κ2) is 5.50. The molecule has 18 heavy (non-hydrogen) atoms. The lowest BCUT2D eigenvalue weighted by Gasteiger charge is -2.33. The van der Waals surface area contributed by atoms with Gasteiger partial charge >= 0.3 is 0 Å². The Kier molecular flexibility index (Phi) is 3.99. The van der Waals surface area contributed by atoms with E-state index in [9.17, 15) is 4.79 Å². The molecular formula is C13H22N4O. The summed E-state index contributed by atoms with van der Waals surface area (Å²) < 4.78 is 0. The van der Waals surface area contributed by atoms with E-state index < -0.39 is 0 Å². The number of amides is 1. The third kappa shape index (κ3) is 2.71. The minimum absolute atomic E-state index is 0.0341. The molecule has 2 heterocycles. The topological polar surface area (TPSA) is 61.9 Å². The van der Waals surface area contributed by atoms with E-state index >= 15 is 0 Å². The number of likely N-dealkylation sites (tertiary alicyclic amines) is 1. The first-order chi connectivity index (χ1) is 8.61. The van der Waals surface area contributed by atoms with Gasteiger partial charge in [0.15, 0.2) is 0 Å². The van der Waals surface area contributed by atoms with Gasteiger partial charge in [0.2, 0.25) is 5.82 Å². The SMILES string of the molecule is CCc1nc(C(=O)N2CCC(C(C)C)CC2)n[nH]1. The van der Waals surface area contributed by atoms with Crippen molar-refractivity contribution < 1.29 is 4.79 Å². The first-order valence-electron chi connectivity index (χ1n) is 6.82. The molecule has 1 aromatic rings. The van der Waals surface area contributed by atoms with Crippen LogP contribution in [0.2, 0.25) is 0 Å². The third-order valence-electron chi connectivity index (χ3n) is 3.83. The third-order valence-corrected chi connectivity index (χ3v) is 3.83. The van der Waals surface area contributed by atoms with Crippen molar-refractivity contribution in [2.45, 2.75) is 40.0 Å². The molecule has 1 fully saturated rings. The van der Waals surface area contributed by atoms with Crippen LogP contribution < -0.4 is 0 Å². The highest BCUT2D eigenvalue weighted by Crippen LogP contribution is 2.24. The summed E-state index contributed by atoms with van der Waals surface area (Å²) in [4.78, 5) is 18.3. The monoisotopic (exact) mass is 250 g/mol. The van der Waals surface area contributed by atoms with E-state index in [1.54, 1.807) is 0 Å². The Hall–Kier alpha value is -1.39. The second-order valence-electron chi connectivity index (χ2n) is 5.33. The van der Waals surface area contributed by atoms with E-state index in [-0.39, 0.29) is 5.91 Å². The number of hydrogen-bond donors (Lipinski definition) is 1. The number of aromatic amines is 1. The quantitative estimate of drug-likeness (QED) is 0.891. The number of aryl methyl sites for hydroxylation is 1. The molecule has 1 aliphatic heterocycles. The fraction of sp³-hybridized carbons (Fsp3) is 0.769. The van der Waals surface area contributed by atoms with Gasteiger partial charge < -0.3 is 4.90 Å². The average Bonchev–Trinajstić information content (AvgIpc) is 2.86. The average molecular weight is 250 g/mol. The first kappa shape index (κ1) is 13.1. The van der Waals surface area contributed by atoms with Crippen LogP contribution in [0.5, 0.6) is 0 Å². The summed E-state index contributed by atoms with van der Waals surface area (Å²) >= 11 is 0. The molecule has 0 radical (unpaired) electrons. The van der Waals surface area contributed by atoms with Crippen molar-refractivity contribution in [2.24, 2.45) is 11.8 Å². The highest BCUT2D eigenvalue weighted by Gasteiger charge is 2.26. The van der Waals surface area contributed by atoms with Crippen LogP contribution in [0.15, 0.2) is 0 Å². The van der Waals surface area contributed by atoms with Gasteiger partial charge in [0, 0.05) is 19.5 Å². The van der Waals surface area contributed by atoms with E-state index in [4.69, 9.17) is 0 Å². The molecule has 0 aromatic carbocycles. The number of carbonyl (C=O) groups is 1. The van der Waals surface area contributed by atoms with Crippen molar-refractivity contribution >= 4 is 5.91 Å². The van der Waals surface area contributed by atoms with Crippen LogP contribution >= 0.6 is 0 Å². The molecule has 2 rings (SSSR count). The van der Waals surface area contributed by atoms with Crippen LogP contribution in [-0.4, -0.2) is 39.1 Å². The van der Waals surface area contributed by atoms with Gasteiger partial charge in [0.1, 0.15) is 5.82 Å². The summed E-state index contributed by atoms with van der Waals surface area (Å²) in [5.74, 6) is 2.50. The minimum atomic E-state index is -0.0341. The lowest BCUT2D eigenvalue weighted by atomic mass is 9.87. The number of H-pyrrole nitrogens is 1. The van der Waals surface area contributed by atoms with E-state index in [1.807, 2.05) is 11.8 Å². The van der Waals surface area contributed by atoms with Crippen LogP contribution in [0.25, 0.3) is 0 Å². The van der Waals surface area contributed by atoms with Gasteiger partial charge in [-0.15, -0.1) is 5.10 Å². The Morgan fingerprint density at radius 1 is 1.44 bits per heavy atom. The van der Waals surface area contributed by atoms with Gasteiger partial charge in [-0.25, -0.2) is 4.98 Å². The molecule has 5 nitrogen and oxygen atoms in total. The zero-order valence-electron chi connectivity index (χ0n) is 11.4. The van der Waals surface area contributed by atoms with Crippen LogP contribution in [0, 0.1) is 11.8 Å². The molecule has 1 amide bonds. The van der Waals surface area contributed by atoms with E-state index in [0.717, 1.165) is 44.1 Å². The summed E-state index contributed by atoms with van der Waals surface area (Å²) in [7, 11) is 0. The zero-order valence-corrected chi connectivity index (χ0v) is 11.4. The number of piperidine rings is 1. The molecule has 100 valence electrons. The summed E-state index contributed by atoms with van der Waals surface area (Å²) in [5.41, 5.74) is 0. The first-order valence-corrected chi connectivity index (χ1v) is 6.82. The second-order valence-corrected chi connectivity index (χ2v) is 5.33. The van der Waals surface area contributed by atoms with Crippen molar-refractivity contribution in [3.05, 3.63) is 11.6 Å². The number of rotatable bonds is 3. The number of aromatic nitrogens is 3. The van der Waals surface area contributed by atoms with Gasteiger partial charge in [0.05, 0.1) is 0 Å². The standard InChI is InChI=1S/C13H22N4O/c1-4-11-14-12(16-15-11)13(18)17-7-5-10(6-8-17)9(2)3/h9-10H,4-8H2,1-3H3,(H,14,15,16). The molecule has 1 aromatic heterocycles. The van der Waals surface area contributed by atoms with Gasteiger partial charge in [-0.2, -0.15) is 0 Å². The predicted octanol–water partition coefficient (Wildman–Crippen LogP) is 1.88. The molecule has 0 bridgehead atoms. The normalized spacial score (nSPS) is 17.4. The van der Waals surface area contributed by atoms with Crippen LogP contribution in [0.4, 0.5) is 0 Å². The van der Waals surface area contributed by atoms with Crippen LogP contribution in [-0.2, 0) is 6.42 Å². The minimum Gasteiger partial charge on any atom is -0.336 e. The highest BCUT2D eigenvalue weighted by atomic mass is 16.2.